The molecule has 3 nitrogen and oxygen atoms in total. The average molecular weight is 500 g/mol. The first-order valence-corrected chi connectivity index (χ1v) is 13.0. The number of fused-ring (bicyclic) bond motifs is 2. The predicted octanol–water partition coefficient (Wildman–Crippen LogP) is 9.03. The Morgan fingerprint density at radius 2 is 0.974 bits per heavy atom. The molecular formula is C36H25N3. The van der Waals surface area contributed by atoms with E-state index in [2.05, 4.69) is 97.1 Å². The Balaban J connectivity index is 1.25. The summed E-state index contributed by atoms with van der Waals surface area (Å²) in [5.41, 5.74) is 15.3. The molecule has 0 unspecified atom stereocenters. The lowest BCUT2D eigenvalue weighted by Crippen LogP contribution is -1.95. The quantitative estimate of drug-likeness (QED) is 0.246. The molecule has 0 radical (unpaired) electrons. The molecule has 0 fully saturated rings. The lowest BCUT2D eigenvalue weighted by Gasteiger charge is -2.10. The molecule has 0 aliphatic carbocycles. The van der Waals surface area contributed by atoms with E-state index in [0.717, 1.165) is 50.4 Å². The van der Waals surface area contributed by atoms with E-state index in [4.69, 9.17) is 15.7 Å². The normalized spacial score (nSPS) is 11.2. The van der Waals surface area contributed by atoms with Gasteiger partial charge in [-0.2, -0.15) is 0 Å². The predicted molar refractivity (Wildman–Crippen MR) is 163 cm³/mol. The Morgan fingerprint density at radius 1 is 0.410 bits per heavy atom. The highest BCUT2D eigenvalue weighted by molar-refractivity contribution is 5.94. The molecule has 7 aromatic rings. The monoisotopic (exact) mass is 499 g/mol. The van der Waals surface area contributed by atoms with E-state index in [1.165, 1.54) is 21.9 Å². The summed E-state index contributed by atoms with van der Waals surface area (Å²) >= 11 is 0. The Morgan fingerprint density at radius 3 is 1.67 bits per heavy atom. The zero-order valence-electron chi connectivity index (χ0n) is 21.3. The highest BCUT2D eigenvalue weighted by atomic mass is 14.9. The van der Waals surface area contributed by atoms with E-state index in [9.17, 15) is 0 Å². The fraction of sp³-hybridized carbons (Fsp3) is 0. The Bertz CT molecular complexity index is 1940. The van der Waals surface area contributed by atoms with Crippen LogP contribution in [0.15, 0.2) is 140 Å². The molecule has 0 saturated heterocycles. The molecule has 7 rings (SSSR count). The third kappa shape index (κ3) is 4.41. The zero-order valence-corrected chi connectivity index (χ0v) is 21.3. The smallest absolute Gasteiger partial charge is 0.160 e. The summed E-state index contributed by atoms with van der Waals surface area (Å²) in [6.07, 6.45) is 0. The van der Waals surface area contributed by atoms with Crippen LogP contribution in [0.5, 0.6) is 0 Å². The molecule has 184 valence electrons. The minimum atomic E-state index is 0.728. The average Bonchev–Trinajstić information content (AvgIpc) is 3.01. The fourth-order valence-corrected chi connectivity index (χ4v) is 5.11. The maximum absolute atomic E-state index is 5.88. The molecule has 1 heterocycles. The van der Waals surface area contributed by atoms with E-state index in [1.54, 1.807) is 0 Å². The summed E-state index contributed by atoms with van der Waals surface area (Å²) < 4.78 is 0. The summed E-state index contributed by atoms with van der Waals surface area (Å²) in [7, 11) is 0. The van der Waals surface area contributed by atoms with Crippen LogP contribution in [0, 0.1) is 0 Å². The van der Waals surface area contributed by atoms with Gasteiger partial charge in [0, 0.05) is 22.2 Å². The van der Waals surface area contributed by atoms with E-state index in [0.29, 0.717) is 0 Å². The molecule has 39 heavy (non-hydrogen) atoms. The number of anilines is 1. The van der Waals surface area contributed by atoms with Crippen LogP contribution in [0.1, 0.15) is 0 Å². The van der Waals surface area contributed by atoms with Crippen molar-refractivity contribution >= 4 is 27.4 Å². The van der Waals surface area contributed by atoms with Crippen LogP contribution < -0.4 is 5.73 Å². The van der Waals surface area contributed by atoms with E-state index >= 15 is 0 Å². The molecule has 6 aromatic carbocycles. The first kappa shape index (κ1) is 22.9. The van der Waals surface area contributed by atoms with Gasteiger partial charge in [-0.15, -0.1) is 0 Å². The summed E-state index contributed by atoms with van der Waals surface area (Å²) in [5, 5.41) is 3.47. The number of nitrogen functional groups attached to an aromatic ring is 1. The number of hydrogen-bond acceptors (Lipinski definition) is 3. The van der Waals surface area contributed by atoms with Crippen LogP contribution in [-0.2, 0) is 0 Å². The number of aromatic nitrogens is 2. The van der Waals surface area contributed by atoms with Crippen LogP contribution in [-0.4, -0.2) is 9.97 Å². The lowest BCUT2D eigenvalue weighted by atomic mass is 9.97. The zero-order chi connectivity index (χ0) is 26.2. The van der Waals surface area contributed by atoms with Gasteiger partial charge in [0.1, 0.15) is 0 Å². The van der Waals surface area contributed by atoms with Crippen LogP contribution in [0.3, 0.4) is 0 Å². The SMILES string of the molecule is Nc1ccc(-c2ccc3ccc(-c4ccc(-c5nc(-c6ccccc6)c6ccccc6n5)cc4)cc3c2)cc1. The summed E-state index contributed by atoms with van der Waals surface area (Å²) in [4.78, 5) is 9.91. The van der Waals surface area contributed by atoms with Gasteiger partial charge in [0.15, 0.2) is 5.82 Å². The Hall–Kier alpha value is -5.28. The van der Waals surface area contributed by atoms with Crippen molar-refractivity contribution in [3.05, 3.63) is 140 Å². The lowest BCUT2D eigenvalue weighted by molar-refractivity contribution is 1.23. The summed E-state index contributed by atoms with van der Waals surface area (Å²) in [5.74, 6) is 0.728. The van der Waals surface area contributed by atoms with Gasteiger partial charge >= 0.3 is 0 Å². The highest BCUT2D eigenvalue weighted by Gasteiger charge is 2.11. The van der Waals surface area contributed by atoms with Gasteiger partial charge in [-0.05, 0) is 63.4 Å². The molecular weight excluding hydrogens is 474 g/mol. The molecule has 0 amide bonds. The third-order valence-electron chi connectivity index (χ3n) is 7.21. The topological polar surface area (TPSA) is 51.8 Å². The minimum Gasteiger partial charge on any atom is -0.399 e. The van der Waals surface area contributed by atoms with Gasteiger partial charge in [-0.3, -0.25) is 0 Å². The first-order valence-electron chi connectivity index (χ1n) is 13.0. The molecule has 0 bridgehead atoms. The third-order valence-corrected chi connectivity index (χ3v) is 7.21. The van der Waals surface area contributed by atoms with Gasteiger partial charge in [-0.25, -0.2) is 9.97 Å². The Labute approximate surface area is 227 Å². The summed E-state index contributed by atoms with van der Waals surface area (Å²) in [6.45, 7) is 0. The van der Waals surface area contributed by atoms with Gasteiger partial charge in [0.25, 0.3) is 0 Å². The number of hydrogen-bond donors (Lipinski definition) is 1. The second kappa shape index (κ2) is 9.55. The first-order chi connectivity index (χ1) is 19.2. The largest absolute Gasteiger partial charge is 0.399 e. The molecule has 0 saturated carbocycles. The van der Waals surface area contributed by atoms with Crippen molar-refractivity contribution in [1.82, 2.24) is 9.97 Å². The van der Waals surface area contributed by atoms with Gasteiger partial charge in [0.2, 0.25) is 0 Å². The van der Waals surface area contributed by atoms with Gasteiger partial charge in [0.05, 0.1) is 11.2 Å². The van der Waals surface area contributed by atoms with E-state index in [1.807, 2.05) is 42.5 Å². The fourth-order valence-electron chi connectivity index (χ4n) is 5.11. The minimum absolute atomic E-state index is 0.728. The molecule has 0 atom stereocenters. The van der Waals surface area contributed by atoms with Crippen LogP contribution in [0.25, 0.3) is 66.6 Å². The molecule has 0 aliphatic rings. The van der Waals surface area contributed by atoms with Crippen LogP contribution in [0.4, 0.5) is 5.69 Å². The van der Waals surface area contributed by atoms with Crippen molar-refractivity contribution in [3.63, 3.8) is 0 Å². The molecule has 2 N–H and O–H groups in total. The van der Waals surface area contributed by atoms with Crippen molar-refractivity contribution in [3.8, 4) is 44.9 Å². The van der Waals surface area contributed by atoms with Crippen LogP contribution >= 0.6 is 0 Å². The molecule has 3 heteroatoms. The maximum Gasteiger partial charge on any atom is 0.160 e. The van der Waals surface area contributed by atoms with Gasteiger partial charge < -0.3 is 5.73 Å². The van der Waals surface area contributed by atoms with E-state index in [-0.39, 0.29) is 0 Å². The molecule has 1 aromatic heterocycles. The van der Waals surface area contributed by atoms with Crippen molar-refractivity contribution < 1.29 is 0 Å². The number of benzene rings is 6. The standard InChI is InChI=1S/C36H25N3/c37-32-20-18-25(19-21-32)30-17-13-26-12-16-29(22-31(26)23-30)24-10-14-28(15-11-24)36-38-34-9-5-4-8-33(34)35(39-36)27-6-2-1-3-7-27/h1-23H,37H2. The van der Waals surface area contributed by atoms with Crippen LogP contribution in [0.2, 0.25) is 0 Å². The molecule has 0 aliphatic heterocycles. The van der Waals surface area contributed by atoms with Gasteiger partial charge in [-0.1, -0.05) is 109 Å². The van der Waals surface area contributed by atoms with Crippen molar-refractivity contribution in [2.75, 3.05) is 5.73 Å². The second-order valence-corrected chi connectivity index (χ2v) is 9.76. The summed E-state index contributed by atoms with van der Waals surface area (Å²) in [6, 6.07) is 48.3. The van der Waals surface area contributed by atoms with Crippen molar-refractivity contribution in [2.45, 2.75) is 0 Å². The second-order valence-electron chi connectivity index (χ2n) is 9.76. The number of nitrogens with two attached hydrogens (primary N) is 1. The Kier molecular flexibility index (Phi) is 5.60. The highest BCUT2D eigenvalue weighted by Crippen LogP contribution is 2.32. The number of rotatable bonds is 4. The molecule has 0 spiro atoms. The van der Waals surface area contributed by atoms with Crippen molar-refractivity contribution in [2.24, 2.45) is 0 Å². The maximum atomic E-state index is 5.88. The van der Waals surface area contributed by atoms with Crippen molar-refractivity contribution in [1.29, 1.82) is 0 Å². The number of nitrogens with zero attached hydrogens (tertiary/aromatic N) is 2. The number of para-hydroxylation sites is 1. The van der Waals surface area contributed by atoms with E-state index < -0.39 is 0 Å².